The van der Waals surface area contributed by atoms with Crippen molar-refractivity contribution in [2.24, 2.45) is 5.92 Å². The van der Waals surface area contributed by atoms with E-state index < -0.39 is 33.2 Å². The van der Waals surface area contributed by atoms with Crippen LogP contribution in [0.15, 0.2) is 58.5 Å². The summed E-state index contributed by atoms with van der Waals surface area (Å²) in [6.45, 7) is 4.04. The molecular formula is C27H24F2N2O5S. The van der Waals surface area contributed by atoms with Crippen molar-refractivity contribution in [3.63, 3.8) is 0 Å². The molecule has 0 aromatic heterocycles. The highest BCUT2D eigenvalue weighted by Gasteiger charge is 2.39. The summed E-state index contributed by atoms with van der Waals surface area (Å²) in [5.74, 6) is -4.00. The lowest BCUT2D eigenvalue weighted by atomic mass is 9.93. The number of rotatable bonds is 4. The quantitative estimate of drug-likeness (QED) is 0.574. The van der Waals surface area contributed by atoms with E-state index >= 15 is 0 Å². The fourth-order valence-corrected chi connectivity index (χ4v) is 6.48. The Balaban J connectivity index is 1.79. The lowest BCUT2D eigenvalue weighted by Gasteiger charge is -2.30. The van der Waals surface area contributed by atoms with Crippen molar-refractivity contribution < 1.29 is 31.8 Å². The van der Waals surface area contributed by atoms with Gasteiger partial charge in [-0.2, -0.15) is 4.31 Å². The van der Waals surface area contributed by atoms with Gasteiger partial charge < -0.3 is 14.7 Å². The van der Waals surface area contributed by atoms with E-state index in [-0.39, 0.29) is 45.9 Å². The summed E-state index contributed by atoms with van der Waals surface area (Å²) in [6.07, 6.45) is 5.87. The van der Waals surface area contributed by atoms with E-state index in [1.54, 1.807) is 24.3 Å². The first kappa shape index (κ1) is 25.0. The minimum atomic E-state index is -4.05. The summed E-state index contributed by atoms with van der Waals surface area (Å²) < 4.78 is 64.1. The van der Waals surface area contributed by atoms with Crippen molar-refractivity contribution >= 4 is 21.7 Å². The van der Waals surface area contributed by atoms with Gasteiger partial charge in [0.1, 0.15) is 17.3 Å². The molecule has 0 saturated carbocycles. The standard InChI is InChI=1S/C27H24F2N2O5S/c1-15(2)9-17-13-31(16-7-5-4-6-8-16)22-12-23-19(11-24(22)37(34,35)30(17)3)18-10-20(27(32)33)25(28)26(29)21(18)14-36-23/h4-5,7,10-12,15,17H,9,13-14H2,1-3H3,(H,32,33)/t17-/m1/s1. The van der Waals surface area contributed by atoms with Crippen LogP contribution in [0, 0.1) is 17.6 Å². The molecule has 192 valence electrons. The molecule has 0 fully saturated rings. The third-order valence-corrected chi connectivity index (χ3v) is 8.72. The number of sulfonamides is 1. The van der Waals surface area contributed by atoms with Crippen LogP contribution in [0.5, 0.6) is 5.75 Å². The number of anilines is 1. The van der Waals surface area contributed by atoms with Gasteiger partial charge in [0, 0.05) is 36.8 Å². The van der Waals surface area contributed by atoms with Crippen LogP contribution in [-0.2, 0) is 16.6 Å². The molecule has 0 unspecified atom stereocenters. The average Bonchev–Trinajstić information content (AvgIpc) is 2.93. The molecule has 2 aliphatic heterocycles. The number of likely N-dealkylation sites (N-methyl/N-ethyl adjacent to an activating group) is 1. The van der Waals surface area contributed by atoms with Crippen LogP contribution in [0.3, 0.4) is 0 Å². The third kappa shape index (κ3) is 4.08. The second kappa shape index (κ2) is 9.01. The van der Waals surface area contributed by atoms with E-state index in [0.717, 1.165) is 6.07 Å². The van der Waals surface area contributed by atoms with Gasteiger partial charge in [0.25, 0.3) is 0 Å². The maximum Gasteiger partial charge on any atom is 0.338 e. The lowest BCUT2D eigenvalue weighted by Crippen LogP contribution is -2.42. The molecule has 0 radical (unpaired) electrons. The highest BCUT2D eigenvalue weighted by Crippen LogP contribution is 2.47. The molecule has 37 heavy (non-hydrogen) atoms. The lowest BCUT2D eigenvalue weighted by molar-refractivity contribution is 0.0690. The molecule has 0 amide bonds. The zero-order valence-electron chi connectivity index (χ0n) is 20.4. The Bertz CT molecular complexity index is 1580. The number of carboxylic acid groups (broad SMARTS) is 1. The normalized spacial score (nSPS) is 19.6. The Hall–Kier alpha value is -3.68. The first-order valence-corrected chi connectivity index (χ1v) is 13.1. The number of hydrogen-bond donors (Lipinski definition) is 1. The summed E-state index contributed by atoms with van der Waals surface area (Å²) in [4.78, 5) is 13.3. The molecule has 0 spiro atoms. The number of halogens is 2. The van der Waals surface area contributed by atoms with Crippen LogP contribution in [0.25, 0.3) is 11.1 Å². The Morgan fingerprint density at radius 2 is 1.97 bits per heavy atom. The van der Waals surface area contributed by atoms with Crippen LogP contribution < -0.4 is 9.64 Å². The molecule has 5 rings (SSSR count). The monoisotopic (exact) mass is 526 g/mol. The number of aromatic carboxylic acids is 1. The van der Waals surface area contributed by atoms with Gasteiger partial charge in [-0.3, -0.25) is 0 Å². The molecule has 1 aliphatic carbocycles. The Morgan fingerprint density at radius 1 is 1.22 bits per heavy atom. The number of benzene rings is 2. The van der Waals surface area contributed by atoms with Gasteiger partial charge in [-0.05, 0) is 47.9 Å². The van der Waals surface area contributed by atoms with Crippen molar-refractivity contribution in [2.45, 2.75) is 37.8 Å². The van der Waals surface area contributed by atoms with Gasteiger partial charge >= 0.3 is 5.97 Å². The van der Waals surface area contributed by atoms with Crippen LogP contribution >= 0.6 is 0 Å². The number of hydrogen-bond acceptors (Lipinski definition) is 5. The van der Waals surface area contributed by atoms with Crippen LogP contribution in [-0.4, -0.2) is 43.4 Å². The van der Waals surface area contributed by atoms with E-state index in [2.05, 4.69) is 11.5 Å². The molecule has 0 bridgehead atoms. The second-order valence-corrected chi connectivity index (χ2v) is 11.5. The summed E-state index contributed by atoms with van der Waals surface area (Å²) in [7, 11) is -2.52. The molecule has 1 atom stereocenters. The van der Waals surface area contributed by atoms with E-state index in [1.807, 2.05) is 18.7 Å². The van der Waals surface area contributed by atoms with Crippen molar-refractivity contribution in [1.82, 2.24) is 4.31 Å². The molecule has 2 aromatic rings. The largest absolute Gasteiger partial charge is 0.488 e. The number of nitrogens with zero attached hydrogens (tertiary/aromatic N) is 2. The maximum atomic E-state index is 14.8. The van der Waals surface area contributed by atoms with Gasteiger partial charge in [-0.1, -0.05) is 25.7 Å². The fourth-order valence-electron chi connectivity index (χ4n) is 4.92. The van der Waals surface area contributed by atoms with E-state index in [9.17, 15) is 27.1 Å². The number of fused-ring (bicyclic) bond motifs is 4. The predicted octanol–water partition coefficient (Wildman–Crippen LogP) is 4.84. The number of allylic oxidation sites excluding steroid dienone is 3. The van der Waals surface area contributed by atoms with Gasteiger partial charge in [0.15, 0.2) is 11.6 Å². The second-order valence-electron chi connectivity index (χ2n) is 9.58. The van der Waals surface area contributed by atoms with Crippen molar-refractivity contribution in [3.05, 3.63) is 76.3 Å². The SMILES string of the molecule is CC(C)C[C@@H]1CN(C2=C=C=CC=C2)c2cc3c(cc2S(=O)(=O)N1C)-c1cc(C(=O)O)c(F)c(F)c1CO3. The van der Waals surface area contributed by atoms with E-state index in [4.69, 9.17) is 4.74 Å². The number of ether oxygens (including phenoxy) is 1. The van der Waals surface area contributed by atoms with Gasteiger partial charge in [-0.15, -0.1) is 0 Å². The topological polar surface area (TPSA) is 87.2 Å². The van der Waals surface area contributed by atoms with Gasteiger partial charge in [-0.25, -0.2) is 22.0 Å². The zero-order chi connectivity index (χ0) is 26.6. The van der Waals surface area contributed by atoms with Crippen LogP contribution in [0.4, 0.5) is 14.5 Å². The molecule has 2 aromatic carbocycles. The Kier molecular flexibility index (Phi) is 6.09. The number of carbonyl (C=O) groups is 1. The van der Waals surface area contributed by atoms with E-state index in [0.29, 0.717) is 24.4 Å². The Morgan fingerprint density at radius 3 is 2.62 bits per heavy atom. The molecule has 2 heterocycles. The minimum Gasteiger partial charge on any atom is -0.488 e. The van der Waals surface area contributed by atoms with Crippen LogP contribution in [0.1, 0.15) is 36.2 Å². The van der Waals surface area contributed by atoms with Crippen molar-refractivity contribution in [3.8, 4) is 16.9 Å². The maximum absolute atomic E-state index is 14.8. The number of carboxylic acids is 1. The van der Waals surface area contributed by atoms with Crippen LogP contribution in [0.2, 0.25) is 0 Å². The smallest absolute Gasteiger partial charge is 0.338 e. The molecule has 0 saturated heterocycles. The zero-order valence-corrected chi connectivity index (χ0v) is 21.2. The van der Waals surface area contributed by atoms with E-state index in [1.165, 1.54) is 17.4 Å². The van der Waals surface area contributed by atoms with Gasteiger partial charge in [0.2, 0.25) is 10.0 Å². The highest BCUT2D eigenvalue weighted by molar-refractivity contribution is 7.89. The first-order chi connectivity index (χ1) is 17.5. The molecule has 10 heteroatoms. The molecular weight excluding hydrogens is 502 g/mol. The third-order valence-electron chi connectivity index (χ3n) is 6.79. The van der Waals surface area contributed by atoms with Gasteiger partial charge in [0.05, 0.1) is 16.9 Å². The summed E-state index contributed by atoms with van der Waals surface area (Å²) in [5, 5.41) is 9.39. The van der Waals surface area contributed by atoms with Crippen molar-refractivity contribution in [2.75, 3.05) is 18.5 Å². The minimum absolute atomic E-state index is 0.0599. The summed E-state index contributed by atoms with van der Waals surface area (Å²) >= 11 is 0. The van der Waals surface area contributed by atoms with Crippen molar-refractivity contribution in [1.29, 1.82) is 0 Å². The average molecular weight is 527 g/mol. The predicted molar refractivity (Wildman–Crippen MR) is 133 cm³/mol. The summed E-state index contributed by atoms with van der Waals surface area (Å²) in [5.41, 5.74) is 6.14. The molecule has 1 N–H and O–H groups in total. The summed E-state index contributed by atoms with van der Waals surface area (Å²) in [6, 6.07) is 3.56. The first-order valence-electron chi connectivity index (χ1n) is 11.7. The fraction of sp³-hybridized carbons (Fsp3) is 0.296. The highest BCUT2D eigenvalue weighted by atomic mass is 32.2. The molecule has 7 nitrogen and oxygen atoms in total. The molecule has 3 aliphatic rings. The Labute approximate surface area is 213 Å².